The predicted molar refractivity (Wildman–Crippen MR) is 102 cm³/mol. The molecule has 2 aromatic carbocycles. The van der Waals surface area contributed by atoms with Gasteiger partial charge in [-0.25, -0.2) is 0 Å². The molecule has 2 aliphatic rings. The van der Waals surface area contributed by atoms with E-state index in [0.29, 0.717) is 0 Å². The van der Waals surface area contributed by atoms with Gasteiger partial charge in [0.2, 0.25) is 0 Å². The van der Waals surface area contributed by atoms with E-state index in [4.69, 9.17) is 16.3 Å². The first-order valence-corrected chi connectivity index (χ1v) is 8.93. The number of hydrogen-bond acceptors (Lipinski definition) is 4. The fourth-order valence-electron chi connectivity index (χ4n) is 4.18. The summed E-state index contributed by atoms with van der Waals surface area (Å²) in [5, 5.41) is 15.8. The number of nitro benzene ring substituents is 1. The van der Waals surface area contributed by atoms with Crippen molar-refractivity contribution in [3.63, 3.8) is 0 Å². The number of halogens is 1. The van der Waals surface area contributed by atoms with E-state index in [0.717, 1.165) is 33.8 Å². The maximum Gasteiger partial charge on any atom is 0.311 e. The van der Waals surface area contributed by atoms with Crippen LogP contribution in [0.25, 0.3) is 0 Å². The van der Waals surface area contributed by atoms with Crippen LogP contribution < -0.4 is 10.1 Å². The molecule has 2 aromatic rings. The predicted octanol–water partition coefficient (Wildman–Crippen LogP) is 5.39. The SMILES string of the molecule is COc1ccc([C@@H]2Nc3c(C)ccc(Cl)c3[C@H]3C=CC[C@H]32)cc1[N+](=O)[O-]. The second-order valence-corrected chi connectivity index (χ2v) is 7.22. The van der Waals surface area contributed by atoms with Gasteiger partial charge in [-0.05, 0) is 42.5 Å². The summed E-state index contributed by atoms with van der Waals surface area (Å²) >= 11 is 6.50. The number of hydrogen-bond donors (Lipinski definition) is 1. The van der Waals surface area contributed by atoms with Crippen molar-refractivity contribution < 1.29 is 9.66 Å². The largest absolute Gasteiger partial charge is 0.490 e. The lowest BCUT2D eigenvalue weighted by atomic mass is 9.76. The summed E-state index contributed by atoms with van der Waals surface area (Å²) in [6.07, 6.45) is 5.29. The zero-order chi connectivity index (χ0) is 18.4. The first-order valence-electron chi connectivity index (χ1n) is 8.55. The van der Waals surface area contributed by atoms with Crippen LogP contribution in [-0.4, -0.2) is 12.0 Å². The number of benzene rings is 2. The van der Waals surface area contributed by atoms with Gasteiger partial charge >= 0.3 is 5.69 Å². The number of ether oxygens (including phenoxy) is 1. The molecule has 1 aliphatic heterocycles. The maximum absolute atomic E-state index is 11.4. The smallest absolute Gasteiger partial charge is 0.311 e. The molecule has 134 valence electrons. The molecule has 1 N–H and O–H groups in total. The van der Waals surface area contributed by atoms with Gasteiger partial charge in [-0.2, -0.15) is 0 Å². The molecule has 0 bridgehead atoms. The normalized spacial score (nSPS) is 23.1. The first kappa shape index (κ1) is 16.9. The lowest BCUT2D eigenvalue weighted by molar-refractivity contribution is -0.385. The van der Waals surface area contributed by atoms with E-state index in [-0.39, 0.29) is 29.3 Å². The zero-order valence-corrected chi connectivity index (χ0v) is 15.3. The van der Waals surface area contributed by atoms with Crippen molar-refractivity contribution in [2.75, 3.05) is 12.4 Å². The Labute approximate surface area is 156 Å². The van der Waals surface area contributed by atoms with Crippen LogP contribution in [0.3, 0.4) is 0 Å². The van der Waals surface area contributed by atoms with Gasteiger partial charge in [-0.15, -0.1) is 0 Å². The topological polar surface area (TPSA) is 64.4 Å². The molecule has 0 aromatic heterocycles. The highest BCUT2D eigenvalue weighted by Gasteiger charge is 2.40. The van der Waals surface area contributed by atoms with Crippen LogP contribution in [-0.2, 0) is 0 Å². The molecule has 0 fully saturated rings. The summed E-state index contributed by atoms with van der Waals surface area (Å²) in [4.78, 5) is 11.0. The van der Waals surface area contributed by atoms with Crippen LogP contribution in [0.1, 0.15) is 35.1 Å². The van der Waals surface area contributed by atoms with E-state index >= 15 is 0 Å². The lowest BCUT2D eigenvalue weighted by Crippen LogP contribution is -2.29. The van der Waals surface area contributed by atoms with Crippen molar-refractivity contribution in [1.29, 1.82) is 0 Å². The number of nitrogens with zero attached hydrogens (tertiary/aromatic N) is 1. The van der Waals surface area contributed by atoms with Gasteiger partial charge in [0.15, 0.2) is 5.75 Å². The molecule has 0 spiro atoms. The van der Waals surface area contributed by atoms with Crippen molar-refractivity contribution in [1.82, 2.24) is 0 Å². The number of fused-ring (bicyclic) bond motifs is 3. The molecular formula is C20H19ClN2O3. The number of aryl methyl sites for hydroxylation is 1. The Morgan fingerprint density at radius 2 is 2.12 bits per heavy atom. The molecule has 0 saturated heterocycles. The highest BCUT2D eigenvalue weighted by atomic mass is 35.5. The summed E-state index contributed by atoms with van der Waals surface area (Å²) in [6.45, 7) is 2.05. The molecule has 1 heterocycles. The minimum atomic E-state index is -0.397. The number of nitro groups is 1. The van der Waals surface area contributed by atoms with Crippen molar-refractivity contribution >= 4 is 23.0 Å². The highest BCUT2D eigenvalue weighted by Crippen LogP contribution is 2.53. The van der Waals surface area contributed by atoms with Gasteiger partial charge < -0.3 is 10.1 Å². The molecule has 6 heteroatoms. The Morgan fingerprint density at radius 1 is 1.31 bits per heavy atom. The fraction of sp³-hybridized carbons (Fsp3) is 0.300. The maximum atomic E-state index is 11.4. The Morgan fingerprint density at radius 3 is 2.85 bits per heavy atom. The third-order valence-corrected chi connectivity index (χ3v) is 5.76. The van der Waals surface area contributed by atoms with Crippen LogP contribution in [0, 0.1) is 23.0 Å². The average Bonchev–Trinajstić information content (AvgIpc) is 3.13. The van der Waals surface area contributed by atoms with E-state index < -0.39 is 4.92 Å². The third-order valence-electron chi connectivity index (χ3n) is 5.43. The van der Waals surface area contributed by atoms with Gasteiger partial charge in [0, 0.05) is 28.3 Å². The Balaban J connectivity index is 1.83. The van der Waals surface area contributed by atoms with Crippen molar-refractivity contribution in [2.45, 2.75) is 25.3 Å². The second kappa shape index (κ2) is 6.32. The van der Waals surface area contributed by atoms with Crippen LogP contribution >= 0.6 is 11.6 Å². The number of allylic oxidation sites excluding steroid dienone is 2. The molecule has 0 unspecified atom stereocenters. The van der Waals surface area contributed by atoms with Crippen molar-refractivity contribution in [3.05, 3.63) is 74.3 Å². The molecule has 5 nitrogen and oxygen atoms in total. The summed E-state index contributed by atoms with van der Waals surface area (Å²) < 4.78 is 5.13. The van der Waals surface area contributed by atoms with E-state index in [9.17, 15) is 10.1 Å². The molecule has 26 heavy (non-hydrogen) atoms. The highest BCUT2D eigenvalue weighted by molar-refractivity contribution is 6.32. The Hall–Kier alpha value is -2.53. The van der Waals surface area contributed by atoms with Crippen LogP contribution in [0.15, 0.2) is 42.5 Å². The molecule has 1 aliphatic carbocycles. The van der Waals surface area contributed by atoms with Crippen LogP contribution in [0.4, 0.5) is 11.4 Å². The molecule has 4 rings (SSSR count). The fourth-order valence-corrected chi connectivity index (χ4v) is 4.47. The quantitative estimate of drug-likeness (QED) is 0.447. The first-order chi connectivity index (χ1) is 12.5. The minimum absolute atomic E-state index is 0.0112. The number of anilines is 1. The number of nitrogens with one attached hydrogen (secondary N) is 1. The van der Waals surface area contributed by atoms with E-state index in [1.165, 1.54) is 7.11 Å². The Kier molecular flexibility index (Phi) is 4.11. The third kappa shape index (κ3) is 2.54. The second-order valence-electron chi connectivity index (χ2n) is 6.82. The van der Waals surface area contributed by atoms with E-state index in [1.54, 1.807) is 12.1 Å². The molecule has 3 atom stereocenters. The molecule has 0 amide bonds. The molecular weight excluding hydrogens is 352 g/mol. The van der Waals surface area contributed by atoms with Gasteiger partial charge in [0.25, 0.3) is 0 Å². The summed E-state index contributed by atoms with van der Waals surface area (Å²) in [5.41, 5.74) is 4.17. The Bertz CT molecular complexity index is 926. The summed E-state index contributed by atoms with van der Waals surface area (Å²) in [6, 6.07) is 9.12. The van der Waals surface area contributed by atoms with Gasteiger partial charge in [-0.3, -0.25) is 10.1 Å². The standard InChI is InChI=1S/C20H19ClN2O3/c1-11-6-8-15(21)18-13-4-3-5-14(13)20(22-19(11)18)12-7-9-17(26-2)16(10-12)23(24)25/h3-4,6-10,13-14,20,22H,5H2,1-2H3/t13-,14+,20-/m0/s1. The molecule has 0 radical (unpaired) electrons. The van der Waals surface area contributed by atoms with E-state index in [1.807, 2.05) is 18.2 Å². The summed E-state index contributed by atoms with van der Waals surface area (Å²) in [5.74, 6) is 0.759. The van der Waals surface area contributed by atoms with Crippen molar-refractivity contribution in [3.8, 4) is 5.75 Å². The minimum Gasteiger partial charge on any atom is -0.490 e. The number of methoxy groups -OCH3 is 1. The van der Waals surface area contributed by atoms with Crippen LogP contribution in [0.5, 0.6) is 5.75 Å². The van der Waals surface area contributed by atoms with Gasteiger partial charge in [0.05, 0.1) is 18.1 Å². The van der Waals surface area contributed by atoms with Crippen molar-refractivity contribution in [2.24, 2.45) is 5.92 Å². The lowest BCUT2D eigenvalue weighted by Gasteiger charge is -2.38. The monoisotopic (exact) mass is 370 g/mol. The van der Waals surface area contributed by atoms with Gasteiger partial charge in [-0.1, -0.05) is 35.9 Å². The van der Waals surface area contributed by atoms with Crippen LogP contribution in [0.2, 0.25) is 5.02 Å². The summed E-state index contributed by atoms with van der Waals surface area (Å²) in [7, 11) is 1.44. The van der Waals surface area contributed by atoms with Gasteiger partial charge in [0.1, 0.15) is 0 Å². The average molecular weight is 371 g/mol. The number of rotatable bonds is 3. The molecule has 0 saturated carbocycles. The zero-order valence-electron chi connectivity index (χ0n) is 14.5. The van der Waals surface area contributed by atoms with E-state index in [2.05, 4.69) is 24.4 Å².